The van der Waals surface area contributed by atoms with Gasteiger partial charge in [0.15, 0.2) is 5.78 Å². The van der Waals surface area contributed by atoms with Crippen molar-refractivity contribution in [2.75, 3.05) is 26.3 Å². The first-order valence-corrected chi connectivity index (χ1v) is 8.88. The van der Waals surface area contributed by atoms with Crippen LogP contribution in [-0.2, 0) is 19.1 Å². The van der Waals surface area contributed by atoms with Gasteiger partial charge < -0.3 is 9.64 Å². The molecule has 1 aromatic carbocycles. The van der Waals surface area contributed by atoms with Crippen LogP contribution in [0.5, 0.6) is 0 Å². The van der Waals surface area contributed by atoms with Crippen LogP contribution in [0.15, 0.2) is 12.1 Å². The molecule has 134 valence electrons. The number of benzene rings is 1. The van der Waals surface area contributed by atoms with Crippen LogP contribution in [0.1, 0.15) is 41.0 Å². The van der Waals surface area contributed by atoms with Crippen LogP contribution >= 0.6 is 0 Å². The maximum Gasteiger partial charge on any atom is 0.223 e. The van der Waals surface area contributed by atoms with E-state index in [2.05, 4.69) is 0 Å². The number of carbonyl (C=O) groups excluding carboxylic acids is 3. The summed E-state index contributed by atoms with van der Waals surface area (Å²) in [6.07, 6.45) is 0.303. The van der Waals surface area contributed by atoms with E-state index in [1.165, 1.54) is 0 Å². The minimum Gasteiger partial charge on any atom is -0.378 e. The fraction of sp³-hybridized carbons (Fsp3) is 0.550. The summed E-state index contributed by atoms with van der Waals surface area (Å²) in [6.45, 7) is 8.10. The van der Waals surface area contributed by atoms with Gasteiger partial charge in [0.2, 0.25) is 5.91 Å². The van der Waals surface area contributed by atoms with Crippen molar-refractivity contribution < 1.29 is 19.1 Å². The lowest BCUT2D eigenvalue weighted by Gasteiger charge is -2.27. The summed E-state index contributed by atoms with van der Waals surface area (Å²) in [6, 6.07) is 4.02. The van der Waals surface area contributed by atoms with Crippen LogP contribution in [0.3, 0.4) is 0 Å². The van der Waals surface area contributed by atoms with E-state index in [9.17, 15) is 14.4 Å². The van der Waals surface area contributed by atoms with E-state index in [-0.39, 0.29) is 30.3 Å². The number of Topliss-reactive ketones (excluding diaryl/α,β-unsaturated/α-hetero) is 2. The molecular weight excluding hydrogens is 318 g/mol. The number of nitrogens with zero attached hydrogens (tertiary/aromatic N) is 1. The predicted molar refractivity (Wildman–Crippen MR) is 93.5 cm³/mol. The lowest BCUT2D eigenvalue weighted by atomic mass is 9.86. The number of carbonyl (C=O) groups is 3. The maximum absolute atomic E-state index is 12.9. The number of rotatable bonds is 3. The first-order valence-electron chi connectivity index (χ1n) is 8.88. The Morgan fingerprint density at radius 3 is 2.32 bits per heavy atom. The Morgan fingerprint density at radius 1 is 1.12 bits per heavy atom. The van der Waals surface area contributed by atoms with Gasteiger partial charge in [-0.2, -0.15) is 0 Å². The number of morpholine rings is 1. The van der Waals surface area contributed by atoms with Crippen molar-refractivity contribution in [2.24, 2.45) is 5.92 Å². The first-order chi connectivity index (χ1) is 11.9. The van der Waals surface area contributed by atoms with Gasteiger partial charge in [-0.3, -0.25) is 14.4 Å². The second kappa shape index (κ2) is 7.08. The largest absolute Gasteiger partial charge is 0.378 e. The molecule has 5 nitrogen and oxygen atoms in total. The number of ketones is 2. The van der Waals surface area contributed by atoms with Crippen LogP contribution in [-0.4, -0.2) is 48.7 Å². The van der Waals surface area contributed by atoms with Gasteiger partial charge in [0.25, 0.3) is 0 Å². The molecule has 2 atom stereocenters. The van der Waals surface area contributed by atoms with E-state index in [1.54, 1.807) is 4.90 Å². The van der Waals surface area contributed by atoms with Gasteiger partial charge in [-0.1, -0.05) is 17.7 Å². The highest BCUT2D eigenvalue weighted by Gasteiger charge is 2.44. The molecule has 3 rings (SSSR count). The van der Waals surface area contributed by atoms with E-state index in [4.69, 9.17) is 4.74 Å². The number of ether oxygens (including phenoxy) is 1. The van der Waals surface area contributed by atoms with E-state index >= 15 is 0 Å². The fourth-order valence-corrected chi connectivity index (χ4v) is 4.13. The van der Waals surface area contributed by atoms with E-state index in [0.717, 1.165) is 22.3 Å². The zero-order chi connectivity index (χ0) is 18.1. The van der Waals surface area contributed by atoms with Gasteiger partial charge in [0.1, 0.15) is 11.7 Å². The Hall–Kier alpha value is -2.01. The van der Waals surface area contributed by atoms with Crippen molar-refractivity contribution in [1.82, 2.24) is 4.90 Å². The summed E-state index contributed by atoms with van der Waals surface area (Å²) in [5, 5.41) is 0. The molecular formula is C20H25NO4. The molecule has 5 heteroatoms. The second-order valence-electron chi connectivity index (χ2n) is 7.21. The first kappa shape index (κ1) is 17.8. The number of hydrogen-bond donors (Lipinski definition) is 0. The van der Waals surface area contributed by atoms with Crippen molar-refractivity contribution in [2.45, 2.75) is 39.5 Å². The molecule has 1 amide bonds. The van der Waals surface area contributed by atoms with Gasteiger partial charge in [-0.05, 0) is 37.5 Å². The van der Waals surface area contributed by atoms with Crippen molar-refractivity contribution >= 4 is 17.5 Å². The standard InChI is InChI=1S/C20H25NO4/c1-12-8-13(2)18(14(3)9-12)19-16(22)10-15(20(19)24)11-17(23)21-4-6-25-7-5-21/h8-9,15,19H,4-7,10-11H2,1-3H3. The molecule has 0 aromatic heterocycles. The normalized spacial score (nSPS) is 24.0. The Morgan fingerprint density at radius 2 is 1.72 bits per heavy atom. The summed E-state index contributed by atoms with van der Waals surface area (Å²) >= 11 is 0. The summed E-state index contributed by atoms with van der Waals surface area (Å²) in [5.74, 6) is -1.40. The van der Waals surface area contributed by atoms with Gasteiger partial charge in [0, 0.05) is 31.8 Å². The van der Waals surface area contributed by atoms with Crippen LogP contribution in [0.2, 0.25) is 0 Å². The summed E-state index contributed by atoms with van der Waals surface area (Å²) < 4.78 is 5.25. The van der Waals surface area contributed by atoms with Gasteiger partial charge in [-0.25, -0.2) is 0 Å². The molecule has 0 radical (unpaired) electrons. The second-order valence-corrected chi connectivity index (χ2v) is 7.21. The van der Waals surface area contributed by atoms with Crippen LogP contribution in [0.25, 0.3) is 0 Å². The average molecular weight is 343 g/mol. The molecule has 1 aromatic rings. The maximum atomic E-state index is 12.9. The Bertz CT molecular complexity index is 695. The van der Waals surface area contributed by atoms with E-state index < -0.39 is 11.8 Å². The lowest BCUT2D eigenvalue weighted by molar-refractivity contribution is -0.138. The fourth-order valence-electron chi connectivity index (χ4n) is 4.13. The van der Waals surface area contributed by atoms with Crippen molar-refractivity contribution in [3.05, 3.63) is 34.4 Å². The third-order valence-electron chi connectivity index (χ3n) is 5.27. The highest BCUT2D eigenvalue weighted by Crippen LogP contribution is 2.37. The van der Waals surface area contributed by atoms with Crippen LogP contribution < -0.4 is 0 Å². The minimum atomic E-state index is -0.705. The molecule has 1 heterocycles. The molecule has 2 fully saturated rings. The number of hydrogen-bond acceptors (Lipinski definition) is 4. The SMILES string of the molecule is Cc1cc(C)c(C2C(=O)CC(CC(=O)N3CCOCC3)C2=O)c(C)c1. The third-order valence-corrected chi connectivity index (χ3v) is 5.27. The quantitative estimate of drug-likeness (QED) is 0.789. The molecule has 1 aliphatic carbocycles. The van der Waals surface area contributed by atoms with Gasteiger partial charge >= 0.3 is 0 Å². The summed E-state index contributed by atoms with van der Waals surface area (Å²) in [4.78, 5) is 39.7. The molecule has 25 heavy (non-hydrogen) atoms. The van der Waals surface area contributed by atoms with Crippen molar-refractivity contribution in [3.8, 4) is 0 Å². The Kier molecular flexibility index (Phi) is 5.04. The average Bonchev–Trinajstić information content (AvgIpc) is 2.82. The zero-order valence-electron chi connectivity index (χ0n) is 15.1. The predicted octanol–water partition coefficient (Wildman–Crippen LogP) is 2.10. The zero-order valence-corrected chi connectivity index (χ0v) is 15.1. The van der Waals surface area contributed by atoms with Crippen molar-refractivity contribution in [3.63, 3.8) is 0 Å². The van der Waals surface area contributed by atoms with Crippen LogP contribution in [0, 0.1) is 26.7 Å². The Labute approximate surface area is 148 Å². The summed E-state index contributed by atoms with van der Waals surface area (Å²) in [7, 11) is 0. The third kappa shape index (κ3) is 3.52. The Balaban J connectivity index is 1.78. The minimum absolute atomic E-state index is 0.0487. The summed E-state index contributed by atoms with van der Waals surface area (Å²) in [5.41, 5.74) is 3.91. The molecule has 1 saturated carbocycles. The molecule has 0 spiro atoms. The molecule has 1 saturated heterocycles. The van der Waals surface area contributed by atoms with Crippen molar-refractivity contribution in [1.29, 1.82) is 0 Å². The highest BCUT2D eigenvalue weighted by molar-refractivity contribution is 6.15. The number of aryl methyl sites for hydroxylation is 3. The van der Waals surface area contributed by atoms with E-state index in [0.29, 0.717) is 26.3 Å². The number of amides is 1. The molecule has 1 aliphatic heterocycles. The van der Waals surface area contributed by atoms with Crippen LogP contribution in [0.4, 0.5) is 0 Å². The molecule has 2 unspecified atom stereocenters. The topological polar surface area (TPSA) is 63.7 Å². The highest BCUT2D eigenvalue weighted by atomic mass is 16.5. The molecule has 0 bridgehead atoms. The monoisotopic (exact) mass is 343 g/mol. The smallest absolute Gasteiger partial charge is 0.223 e. The van der Waals surface area contributed by atoms with Gasteiger partial charge in [-0.15, -0.1) is 0 Å². The van der Waals surface area contributed by atoms with E-state index in [1.807, 2.05) is 32.9 Å². The molecule has 2 aliphatic rings. The van der Waals surface area contributed by atoms with Gasteiger partial charge in [0.05, 0.1) is 13.2 Å². The molecule has 0 N–H and O–H groups in total. The lowest BCUT2D eigenvalue weighted by Crippen LogP contribution is -2.41.